The third-order valence-corrected chi connectivity index (χ3v) is 4.06. The lowest BCUT2D eigenvalue weighted by atomic mass is 10.1. The van der Waals surface area contributed by atoms with E-state index in [1.165, 1.54) is 13.3 Å². The van der Waals surface area contributed by atoms with E-state index in [4.69, 9.17) is 19.3 Å². The molecule has 0 heterocycles. The monoisotopic (exact) mass is 364 g/mol. The van der Waals surface area contributed by atoms with E-state index >= 15 is 0 Å². The Morgan fingerprint density at radius 1 is 1.08 bits per heavy atom. The van der Waals surface area contributed by atoms with Crippen LogP contribution in [0.1, 0.15) is 65.2 Å². The number of carbonyl (C=O) groups is 2. The average Bonchev–Trinajstić information content (AvgIpc) is 2.47. The van der Waals surface area contributed by atoms with Gasteiger partial charge in [-0.2, -0.15) is 0 Å². The molecule has 0 saturated heterocycles. The number of esters is 2. The Bertz CT molecular complexity index is 455. The van der Waals surface area contributed by atoms with Crippen LogP contribution in [0.2, 0.25) is 0 Å². The van der Waals surface area contributed by atoms with Crippen LogP contribution in [0.5, 0.6) is 0 Å². The van der Waals surface area contributed by atoms with Crippen molar-refractivity contribution in [3.8, 4) is 0 Å². The maximum atomic E-state index is 11.6. The van der Waals surface area contributed by atoms with Crippen LogP contribution in [0.25, 0.3) is 0 Å². The minimum Gasteiger partial charge on any atom is -0.425 e. The fourth-order valence-electron chi connectivity index (χ4n) is 1.90. The van der Waals surface area contributed by atoms with Gasteiger partial charge in [0.2, 0.25) is 6.29 Å². The first-order valence-electron chi connectivity index (χ1n) is 8.26. The standard InChI is InChI=1S/C16H29O7P/c1-4-5-6-7-8-9-10-15(23-16(18)13(2)3)22-14(17)11-12-24(19,20)21/h15H,2,4-12H2,1,3H3,(H2,19,20,21). The molecule has 0 fully saturated rings. The smallest absolute Gasteiger partial charge is 0.336 e. The van der Waals surface area contributed by atoms with Gasteiger partial charge in [0.15, 0.2) is 0 Å². The largest absolute Gasteiger partial charge is 0.425 e. The molecule has 8 heteroatoms. The maximum Gasteiger partial charge on any atom is 0.336 e. The summed E-state index contributed by atoms with van der Waals surface area (Å²) in [5.41, 5.74) is 0.189. The zero-order valence-electron chi connectivity index (χ0n) is 14.5. The van der Waals surface area contributed by atoms with E-state index in [1.54, 1.807) is 0 Å². The van der Waals surface area contributed by atoms with Crippen LogP contribution >= 0.6 is 7.60 Å². The minimum atomic E-state index is -4.27. The highest BCUT2D eigenvalue weighted by atomic mass is 31.2. The Labute approximate surface area is 143 Å². The fourth-order valence-corrected chi connectivity index (χ4v) is 2.37. The van der Waals surface area contributed by atoms with E-state index in [0.717, 1.165) is 32.1 Å². The number of ether oxygens (including phenoxy) is 2. The van der Waals surface area contributed by atoms with Crippen molar-refractivity contribution in [3.63, 3.8) is 0 Å². The molecule has 0 aliphatic carbocycles. The highest BCUT2D eigenvalue weighted by Gasteiger charge is 2.22. The maximum absolute atomic E-state index is 11.6. The first kappa shape index (κ1) is 22.8. The van der Waals surface area contributed by atoms with Gasteiger partial charge in [-0.25, -0.2) is 4.79 Å². The van der Waals surface area contributed by atoms with Crippen LogP contribution in [0.4, 0.5) is 0 Å². The van der Waals surface area contributed by atoms with Gasteiger partial charge in [0.05, 0.1) is 12.6 Å². The van der Waals surface area contributed by atoms with E-state index in [1.807, 2.05) is 0 Å². The first-order valence-corrected chi connectivity index (χ1v) is 10.1. The molecule has 0 bridgehead atoms. The van der Waals surface area contributed by atoms with Crippen molar-refractivity contribution in [1.29, 1.82) is 0 Å². The van der Waals surface area contributed by atoms with E-state index in [9.17, 15) is 14.2 Å². The van der Waals surface area contributed by atoms with Gasteiger partial charge >= 0.3 is 19.5 Å². The molecule has 1 atom stereocenters. The molecule has 7 nitrogen and oxygen atoms in total. The van der Waals surface area contributed by atoms with Crippen LogP contribution in [0.3, 0.4) is 0 Å². The molecule has 0 spiro atoms. The van der Waals surface area contributed by atoms with Crippen LogP contribution in [-0.4, -0.2) is 34.2 Å². The summed E-state index contributed by atoms with van der Waals surface area (Å²) in [6.45, 7) is 7.08. The van der Waals surface area contributed by atoms with E-state index in [2.05, 4.69) is 13.5 Å². The zero-order valence-corrected chi connectivity index (χ0v) is 15.4. The number of carbonyl (C=O) groups excluding carboxylic acids is 2. The molecule has 0 aromatic heterocycles. The topological polar surface area (TPSA) is 110 Å². The lowest BCUT2D eigenvalue weighted by molar-refractivity contribution is -0.186. The normalized spacial score (nSPS) is 12.5. The number of rotatable bonds is 13. The molecule has 1 unspecified atom stereocenters. The van der Waals surface area contributed by atoms with Crippen LogP contribution < -0.4 is 0 Å². The van der Waals surface area contributed by atoms with Gasteiger partial charge < -0.3 is 19.3 Å². The van der Waals surface area contributed by atoms with Crippen LogP contribution in [0.15, 0.2) is 12.2 Å². The van der Waals surface area contributed by atoms with E-state index in [0.29, 0.717) is 6.42 Å². The molecule has 24 heavy (non-hydrogen) atoms. The summed E-state index contributed by atoms with van der Waals surface area (Å²) in [7, 11) is -4.27. The Morgan fingerprint density at radius 2 is 1.67 bits per heavy atom. The van der Waals surface area contributed by atoms with Gasteiger partial charge in [-0.3, -0.25) is 9.36 Å². The molecule has 0 radical (unpaired) electrons. The lowest BCUT2D eigenvalue weighted by Crippen LogP contribution is -2.25. The number of hydrogen-bond donors (Lipinski definition) is 2. The summed E-state index contributed by atoms with van der Waals surface area (Å²) in [4.78, 5) is 40.8. The molecule has 0 saturated carbocycles. The Balaban J connectivity index is 4.36. The third-order valence-electron chi connectivity index (χ3n) is 3.25. The highest BCUT2D eigenvalue weighted by Crippen LogP contribution is 2.35. The molecule has 0 rings (SSSR count). The van der Waals surface area contributed by atoms with Gasteiger partial charge in [-0.1, -0.05) is 45.6 Å². The fraction of sp³-hybridized carbons (Fsp3) is 0.750. The molecule has 140 valence electrons. The van der Waals surface area contributed by atoms with Gasteiger partial charge in [0.25, 0.3) is 0 Å². The third kappa shape index (κ3) is 13.3. The Kier molecular flexibility index (Phi) is 11.6. The van der Waals surface area contributed by atoms with Crippen molar-refractivity contribution in [2.75, 3.05) is 6.16 Å². The minimum absolute atomic E-state index is 0.189. The van der Waals surface area contributed by atoms with Gasteiger partial charge in [-0.05, 0) is 13.3 Å². The molecule has 2 N–H and O–H groups in total. The predicted octanol–water partition coefficient (Wildman–Crippen LogP) is 3.29. The molecular formula is C16H29O7P. The van der Waals surface area contributed by atoms with Crippen molar-refractivity contribution < 1.29 is 33.4 Å². The van der Waals surface area contributed by atoms with Crippen LogP contribution in [-0.2, 0) is 23.6 Å². The summed E-state index contributed by atoms with van der Waals surface area (Å²) >= 11 is 0. The van der Waals surface area contributed by atoms with Crippen molar-refractivity contribution in [1.82, 2.24) is 0 Å². The van der Waals surface area contributed by atoms with Crippen molar-refractivity contribution in [2.24, 2.45) is 0 Å². The van der Waals surface area contributed by atoms with Gasteiger partial charge in [0.1, 0.15) is 0 Å². The van der Waals surface area contributed by atoms with Crippen LogP contribution in [0, 0.1) is 0 Å². The molecule has 0 amide bonds. The van der Waals surface area contributed by atoms with Crippen molar-refractivity contribution >= 4 is 19.5 Å². The van der Waals surface area contributed by atoms with Crippen molar-refractivity contribution in [2.45, 2.75) is 71.5 Å². The number of hydrogen-bond acceptors (Lipinski definition) is 5. The average molecular weight is 364 g/mol. The second kappa shape index (κ2) is 12.2. The lowest BCUT2D eigenvalue weighted by Gasteiger charge is -2.18. The summed E-state index contributed by atoms with van der Waals surface area (Å²) in [6, 6.07) is 0. The Morgan fingerprint density at radius 3 is 2.21 bits per heavy atom. The van der Waals surface area contributed by atoms with Gasteiger partial charge in [0, 0.05) is 12.0 Å². The highest BCUT2D eigenvalue weighted by molar-refractivity contribution is 7.51. The predicted molar refractivity (Wildman–Crippen MR) is 90.3 cm³/mol. The first-order chi connectivity index (χ1) is 11.2. The quantitative estimate of drug-likeness (QED) is 0.170. The molecular weight excluding hydrogens is 335 g/mol. The van der Waals surface area contributed by atoms with Gasteiger partial charge in [-0.15, -0.1) is 0 Å². The summed E-state index contributed by atoms with van der Waals surface area (Å²) in [5.74, 6) is -1.46. The molecule has 0 aromatic carbocycles. The zero-order chi connectivity index (χ0) is 18.6. The second-order valence-corrected chi connectivity index (χ2v) is 7.58. The summed E-state index contributed by atoms with van der Waals surface area (Å²) < 4.78 is 20.9. The SMILES string of the molecule is C=C(C)C(=O)OC(CCCCCCCC)OC(=O)CCP(=O)(O)O. The van der Waals surface area contributed by atoms with E-state index < -0.39 is 38.4 Å². The Hall–Kier alpha value is -1.17. The van der Waals surface area contributed by atoms with Crippen molar-refractivity contribution in [3.05, 3.63) is 12.2 Å². The molecule has 0 aliphatic heterocycles. The summed E-state index contributed by atoms with van der Waals surface area (Å²) in [6.07, 6.45) is 4.45. The number of unbranched alkanes of at least 4 members (excludes halogenated alkanes) is 5. The summed E-state index contributed by atoms with van der Waals surface area (Å²) in [5, 5.41) is 0. The van der Waals surface area contributed by atoms with E-state index in [-0.39, 0.29) is 5.57 Å². The molecule has 0 aliphatic rings. The second-order valence-electron chi connectivity index (χ2n) is 5.80. The molecule has 0 aromatic rings.